The van der Waals surface area contributed by atoms with E-state index in [4.69, 9.17) is 34.2 Å². The number of halogens is 3. The van der Waals surface area contributed by atoms with Gasteiger partial charge in [0, 0.05) is 24.6 Å². The van der Waals surface area contributed by atoms with Crippen LogP contribution in [0.2, 0.25) is 5.02 Å². The molecule has 2 rings (SSSR count). The maximum Gasteiger partial charge on any atom is 0.339 e. The summed E-state index contributed by atoms with van der Waals surface area (Å²) in [5, 5.41) is 8.81. The van der Waals surface area contributed by atoms with Crippen LogP contribution in [0.1, 0.15) is 23.2 Å². The fourth-order valence-electron chi connectivity index (χ4n) is 1.20. The number of carbonyl (C=O) groups excluding carboxylic acids is 2. The third kappa shape index (κ3) is 4.06. The minimum atomic E-state index is -1.14. The third-order valence-corrected chi connectivity index (χ3v) is 3.68. The van der Waals surface area contributed by atoms with Crippen molar-refractivity contribution in [2.24, 2.45) is 0 Å². The van der Waals surface area contributed by atoms with Crippen LogP contribution in [0.4, 0.5) is 5.82 Å². The highest BCUT2D eigenvalue weighted by Crippen LogP contribution is 2.24. The zero-order valence-corrected chi connectivity index (χ0v) is 12.9. The highest BCUT2D eigenvalue weighted by atomic mass is 79.9. The minimum Gasteiger partial charge on any atom is -0.478 e. The van der Waals surface area contributed by atoms with Crippen molar-refractivity contribution >= 4 is 62.9 Å². The number of imide groups is 1. The largest absolute Gasteiger partial charge is 0.478 e. The van der Waals surface area contributed by atoms with Crippen molar-refractivity contribution < 1.29 is 19.5 Å². The Morgan fingerprint density at radius 3 is 2.25 bits per heavy atom. The fraction of sp³-hybridized carbons (Fsp3) is 0.200. The monoisotopic (exact) mass is 383 g/mol. The topological polar surface area (TPSA) is 114 Å². The second-order valence-electron chi connectivity index (χ2n) is 3.57. The maximum atomic E-state index is 10.5. The summed E-state index contributed by atoms with van der Waals surface area (Å²) in [7, 11) is 0. The van der Waals surface area contributed by atoms with Gasteiger partial charge in [0.05, 0.1) is 5.02 Å². The second kappa shape index (κ2) is 6.87. The van der Waals surface area contributed by atoms with Gasteiger partial charge in [-0.15, -0.1) is 0 Å². The molecule has 0 radical (unpaired) electrons. The molecule has 0 spiro atoms. The molecule has 0 atom stereocenters. The van der Waals surface area contributed by atoms with E-state index >= 15 is 0 Å². The average Bonchev–Trinajstić information content (AvgIpc) is 2.65. The number of carboxylic acids is 1. The fourth-order valence-corrected chi connectivity index (χ4v) is 1.83. The number of carbonyl (C=O) groups is 3. The highest BCUT2D eigenvalue weighted by Gasteiger charge is 2.26. The molecule has 1 aromatic heterocycles. The summed E-state index contributed by atoms with van der Waals surface area (Å²) < 4.78 is 0.978. The Labute approximate surface area is 131 Å². The lowest BCUT2D eigenvalue weighted by Crippen LogP contribution is -2.16. The third-order valence-electron chi connectivity index (χ3n) is 2.18. The summed E-state index contributed by atoms with van der Waals surface area (Å²) in [4.78, 5) is 34.9. The van der Waals surface area contributed by atoms with Crippen LogP contribution in [-0.4, -0.2) is 32.3 Å². The van der Waals surface area contributed by atoms with Crippen LogP contribution in [-0.2, 0) is 9.59 Å². The van der Waals surface area contributed by atoms with Crippen molar-refractivity contribution in [3.8, 4) is 0 Å². The number of nitrogens with two attached hydrogens (primary N) is 1. The predicted octanol–water partition coefficient (Wildman–Crippen LogP) is 2.07. The van der Waals surface area contributed by atoms with Crippen LogP contribution in [0.5, 0.6) is 0 Å². The quantitative estimate of drug-likeness (QED) is 0.435. The van der Waals surface area contributed by atoms with Crippen LogP contribution in [0.15, 0.2) is 10.7 Å². The number of amides is 2. The molecule has 1 saturated heterocycles. The van der Waals surface area contributed by atoms with E-state index in [1.807, 2.05) is 0 Å². The summed E-state index contributed by atoms with van der Waals surface area (Å²) >= 11 is 13.8. The first-order valence-corrected chi connectivity index (χ1v) is 6.61. The summed E-state index contributed by atoms with van der Waals surface area (Å²) in [5.41, 5.74) is 5.22. The van der Waals surface area contributed by atoms with Gasteiger partial charge < -0.3 is 10.8 Å². The lowest BCUT2D eigenvalue weighted by molar-refractivity contribution is -0.132. The van der Waals surface area contributed by atoms with Gasteiger partial charge in [0.15, 0.2) is 0 Å². The van der Waals surface area contributed by atoms with Gasteiger partial charge in [0.1, 0.15) is 16.0 Å². The molecule has 2 heterocycles. The van der Waals surface area contributed by atoms with Crippen molar-refractivity contribution in [1.29, 1.82) is 0 Å². The SMILES string of the molecule is Nc1nc(Br)c(Cl)cc1C(=O)O.O=C1CCC(=O)N1Cl. The molecule has 1 aliphatic rings. The zero-order chi connectivity index (χ0) is 15.4. The Kier molecular flexibility index (Phi) is 5.73. The van der Waals surface area contributed by atoms with Crippen molar-refractivity contribution in [1.82, 2.24) is 9.40 Å². The number of anilines is 1. The molecule has 7 nitrogen and oxygen atoms in total. The molecule has 0 aliphatic carbocycles. The van der Waals surface area contributed by atoms with Crippen molar-refractivity contribution in [2.75, 3.05) is 5.73 Å². The average molecular weight is 385 g/mol. The standard InChI is InChI=1S/C6H4BrClN2O2.C4H4ClNO2/c7-4-3(8)1-2(6(11)12)5(9)10-4;5-6-3(7)1-2-4(6)8/h1H,(H2,9,10)(H,11,12);1-2H2. The van der Waals surface area contributed by atoms with E-state index in [-0.39, 0.29) is 41.1 Å². The molecule has 0 aromatic carbocycles. The first kappa shape index (κ1) is 16.7. The second-order valence-corrected chi connectivity index (χ2v) is 5.06. The number of hydrogen-bond donors (Lipinski definition) is 2. The van der Waals surface area contributed by atoms with E-state index in [0.717, 1.165) is 0 Å². The van der Waals surface area contributed by atoms with Crippen LogP contribution in [0, 0.1) is 0 Å². The van der Waals surface area contributed by atoms with Crippen molar-refractivity contribution in [3.63, 3.8) is 0 Å². The molecule has 0 bridgehead atoms. The van der Waals surface area contributed by atoms with Crippen LogP contribution in [0.3, 0.4) is 0 Å². The van der Waals surface area contributed by atoms with E-state index in [2.05, 4.69) is 20.9 Å². The number of aromatic nitrogens is 1. The molecule has 2 amide bonds. The smallest absolute Gasteiger partial charge is 0.339 e. The lowest BCUT2D eigenvalue weighted by atomic mass is 10.2. The van der Waals surface area contributed by atoms with E-state index < -0.39 is 5.97 Å². The van der Waals surface area contributed by atoms with E-state index in [1.54, 1.807) is 0 Å². The predicted molar refractivity (Wildman–Crippen MR) is 75.3 cm³/mol. The number of nitrogens with zero attached hydrogens (tertiary/aromatic N) is 2. The van der Waals surface area contributed by atoms with Crippen LogP contribution < -0.4 is 5.73 Å². The number of rotatable bonds is 1. The Hall–Kier alpha value is -1.38. The summed E-state index contributed by atoms with van der Waals surface area (Å²) in [6, 6.07) is 1.25. The molecule has 10 heteroatoms. The van der Waals surface area contributed by atoms with Gasteiger partial charge in [-0.3, -0.25) is 9.59 Å². The zero-order valence-electron chi connectivity index (χ0n) is 9.77. The first-order chi connectivity index (χ1) is 9.23. The molecule has 1 aromatic rings. The molecule has 108 valence electrons. The molecule has 20 heavy (non-hydrogen) atoms. The van der Waals surface area contributed by atoms with E-state index in [1.165, 1.54) is 6.07 Å². The minimum absolute atomic E-state index is 0.0567. The van der Waals surface area contributed by atoms with Gasteiger partial charge in [0.25, 0.3) is 0 Å². The van der Waals surface area contributed by atoms with Crippen LogP contribution in [0.25, 0.3) is 0 Å². The molecular formula is C10H8BrCl2N3O4. The van der Waals surface area contributed by atoms with E-state index in [0.29, 0.717) is 9.02 Å². The van der Waals surface area contributed by atoms with Crippen molar-refractivity contribution in [3.05, 3.63) is 21.3 Å². The molecule has 3 N–H and O–H groups in total. The molecule has 1 fully saturated rings. The summed E-state index contributed by atoms with van der Waals surface area (Å²) in [5.74, 6) is -1.79. The highest BCUT2D eigenvalue weighted by molar-refractivity contribution is 9.10. The number of nitrogen functional groups attached to an aromatic ring is 1. The number of aromatic carboxylic acids is 1. The Bertz CT molecular complexity index is 566. The number of carboxylic acid groups (broad SMARTS) is 1. The van der Waals surface area contributed by atoms with Gasteiger partial charge in [-0.2, -0.15) is 4.42 Å². The first-order valence-electron chi connectivity index (χ1n) is 5.10. The maximum absolute atomic E-state index is 10.5. The van der Waals surface area contributed by atoms with Gasteiger partial charge in [-0.25, -0.2) is 9.78 Å². The van der Waals surface area contributed by atoms with Gasteiger partial charge in [-0.05, 0) is 22.0 Å². The Balaban J connectivity index is 0.000000217. The number of hydrogen-bond acceptors (Lipinski definition) is 5. The van der Waals surface area contributed by atoms with E-state index in [9.17, 15) is 14.4 Å². The van der Waals surface area contributed by atoms with Gasteiger partial charge in [0.2, 0.25) is 11.8 Å². The van der Waals surface area contributed by atoms with Crippen LogP contribution >= 0.6 is 39.3 Å². The summed E-state index contributed by atoms with van der Waals surface area (Å²) in [6.07, 6.45) is 0.532. The van der Waals surface area contributed by atoms with Gasteiger partial charge >= 0.3 is 5.97 Å². The lowest BCUT2D eigenvalue weighted by Gasteiger charge is -2.01. The van der Waals surface area contributed by atoms with Gasteiger partial charge in [-0.1, -0.05) is 11.6 Å². The number of pyridine rings is 1. The normalized spacial score (nSPS) is 14.1. The van der Waals surface area contributed by atoms with Crippen molar-refractivity contribution in [2.45, 2.75) is 12.8 Å². The molecule has 0 saturated carbocycles. The summed E-state index contributed by atoms with van der Waals surface area (Å²) in [6.45, 7) is 0. The molecular weight excluding hydrogens is 377 g/mol. The Morgan fingerprint density at radius 2 is 1.90 bits per heavy atom. The Morgan fingerprint density at radius 1 is 1.40 bits per heavy atom. The molecule has 0 unspecified atom stereocenters. The molecule has 1 aliphatic heterocycles.